The fourth-order valence-electron chi connectivity index (χ4n) is 2.44. The van der Waals surface area contributed by atoms with Crippen LogP contribution in [0.15, 0.2) is 60.9 Å². The number of nitrogens with zero attached hydrogens (tertiary/aromatic N) is 2. The lowest BCUT2D eigenvalue weighted by atomic mass is 10.2. The summed E-state index contributed by atoms with van der Waals surface area (Å²) < 4.78 is 32.7. The van der Waals surface area contributed by atoms with Crippen LogP contribution in [0.2, 0.25) is 0 Å². The van der Waals surface area contributed by atoms with E-state index in [4.69, 9.17) is 4.74 Å². The number of methoxy groups -OCH3 is 1. The molecule has 0 bridgehead atoms. The lowest BCUT2D eigenvalue weighted by Crippen LogP contribution is -2.02. The van der Waals surface area contributed by atoms with E-state index in [1.165, 1.54) is 19.2 Å². The molecule has 1 aromatic heterocycles. The molecule has 1 atom stereocenters. The van der Waals surface area contributed by atoms with Crippen LogP contribution in [0.4, 0.5) is 4.39 Å². The summed E-state index contributed by atoms with van der Waals surface area (Å²) in [6.07, 6.45) is 3.58. The Bertz CT molecular complexity index is 833. The molecule has 2 aromatic carbocycles. The van der Waals surface area contributed by atoms with Gasteiger partial charge in [-0.05, 0) is 42.0 Å². The Balaban J connectivity index is 1.68. The van der Waals surface area contributed by atoms with Crippen molar-refractivity contribution in [2.45, 2.75) is 11.5 Å². The molecule has 4 nitrogen and oxygen atoms in total. The first-order valence-electron chi connectivity index (χ1n) is 7.42. The molecule has 0 radical (unpaired) electrons. The highest BCUT2D eigenvalue weighted by molar-refractivity contribution is 7.83. The molecule has 6 heteroatoms. The number of hydrogen-bond donors (Lipinski definition) is 0. The molecule has 0 aliphatic carbocycles. The van der Waals surface area contributed by atoms with Crippen LogP contribution >= 0.6 is 0 Å². The molecule has 0 aliphatic rings. The average molecular weight is 344 g/mol. The van der Waals surface area contributed by atoms with E-state index in [9.17, 15) is 8.60 Å². The van der Waals surface area contributed by atoms with Crippen LogP contribution in [-0.2, 0) is 22.3 Å². The van der Waals surface area contributed by atoms with Crippen molar-refractivity contribution in [3.8, 4) is 11.4 Å². The Morgan fingerprint density at radius 3 is 2.62 bits per heavy atom. The molecule has 124 valence electrons. The van der Waals surface area contributed by atoms with Gasteiger partial charge < -0.3 is 4.74 Å². The van der Waals surface area contributed by atoms with Gasteiger partial charge in [0.25, 0.3) is 0 Å². The first kappa shape index (κ1) is 16.4. The van der Waals surface area contributed by atoms with Gasteiger partial charge in [-0.15, -0.1) is 0 Å². The van der Waals surface area contributed by atoms with Crippen LogP contribution in [0.25, 0.3) is 5.69 Å². The van der Waals surface area contributed by atoms with E-state index in [1.807, 2.05) is 36.5 Å². The minimum atomic E-state index is -1.15. The Morgan fingerprint density at radius 1 is 1.17 bits per heavy atom. The minimum absolute atomic E-state index is 0.252. The summed E-state index contributed by atoms with van der Waals surface area (Å²) in [6, 6.07) is 13.8. The lowest BCUT2D eigenvalue weighted by molar-refractivity contribution is 0.410. The highest BCUT2D eigenvalue weighted by Crippen LogP contribution is 2.22. The predicted molar refractivity (Wildman–Crippen MR) is 92.1 cm³/mol. The zero-order valence-electron chi connectivity index (χ0n) is 13.2. The Morgan fingerprint density at radius 2 is 1.96 bits per heavy atom. The van der Waals surface area contributed by atoms with Crippen molar-refractivity contribution in [2.75, 3.05) is 7.11 Å². The normalized spacial score (nSPS) is 12.1. The smallest absolute Gasteiger partial charge is 0.123 e. The zero-order chi connectivity index (χ0) is 16.9. The van der Waals surface area contributed by atoms with Gasteiger partial charge in [0.15, 0.2) is 0 Å². The van der Waals surface area contributed by atoms with Gasteiger partial charge in [0.2, 0.25) is 0 Å². The molecule has 0 amide bonds. The molecule has 0 unspecified atom stereocenters. The predicted octanol–water partition coefficient (Wildman–Crippen LogP) is 3.47. The van der Waals surface area contributed by atoms with Crippen molar-refractivity contribution in [3.05, 3.63) is 77.9 Å². The molecular formula is C18H17FN2O2S. The molecular weight excluding hydrogens is 327 g/mol. The third-order valence-electron chi connectivity index (χ3n) is 3.59. The van der Waals surface area contributed by atoms with E-state index in [2.05, 4.69) is 5.10 Å². The van der Waals surface area contributed by atoms with Crippen molar-refractivity contribution in [2.24, 2.45) is 0 Å². The van der Waals surface area contributed by atoms with Crippen molar-refractivity contribution in [1.29, 1.82) is 0 Å². The SMILES string of the molecule is COc1ccc(F)cc1C[S@@](=O)Cc1ccc(-n2cccn2)cc1. The van der Waals surface area contributed by atoms with E-state index in [1.54, 1.807) is 16.9 Å². The first-order valence-corrected chi connectivity index (χ1v) is 8.91. The summed E-state index contributed by atoms with van der Waals surface area (Å²) in [7, 11) is 0.367. The van der Waals surface area contributed by atoms with Gasteiger partial charge in [-0.3, -0.25) is 4.21 Å². The van der Waals surface area contributed by atoms with E-state index in [-0.39, 0.29) is 11.6 Å². The topological polar surface area (TPSA) is 44.1 Å². The maximum Gasteiger partial charge on any atom is 0.123 e. The monoisotopic (exact) mass is 344 g/mol. The third kappa shape index (κ3) is 3.89. The summed E-state index contributed by atoms with van der Waals surface area (Å²) in [4.78, 5) is 0. The van der Waals surface area contributed by atoms with Gasteiger partial charge in [0.1, 0.15) is 11.6 Å². The second-order valence-electron chi connectivity index (χ2n) is 5.30. The number of hydrogen-bond acceptors (Lipinski definition) is 3. The number of aromatic nitrogens is 2. The highest BCUT2D eigenvalue weighted by Gasteiger charge is 2.10. The summed E-state index contributed by atoms with van der Waals surface area (Å²) >= 11 is 0. The summed E-state index contributed by atoms with van der Waals surface area (Å²) in [5.41, 5.74) is 2.52. The van der Waals surface area contributed by atoms with Gasteiger partial charge in [-0.25, -0.2) is 9.07 Å². The van der Waals surface area contributed by atoms with Gasteiger partial charge >= 0.3 is 0 Å². The maximum atomic E-state index is 13.4. The van der Waals surface area contributed by atoms with Gasteiger partial charge in [0, 0.05) is 34.5 Å². The number of ether oxygens (including phenoxy) is 1. The van der Waals surface area contributed by atoms with Crippen LogP contribution in [0, 0.1) is 5.82 Å². The van der Waals surface area contributed by atoms with Crippen molar-refractivity contribution in [3.63, 3.8) is 0 Å². The van der Waals surface area contributed by atoms with Crippen LogP contribution in [0.1, 0.15) is 11.1 Å². The number of rotatable bonds is 6. The quantitative estimate of drug-likeness (QED) is 0.688. The number of benzene rings is 2. The Kier molecular flexibility index (Phi) is 5.05. The molecule has 3 aromatic rings. The molecule has 0 aliphatic heterocycles. The second kappa shape index (κ2) is 7.40. The van der Waals surface area contributed by atoms with Crippen molar-refractivity contribution in [1.82, 2.24) is 9.78 Å². The molecule has 1 heterocycles. The Hall–Kier alpha value is -2.47. The lowest BCUT2D eigenvalue weighted by Gasteiger charge is -2.09. The molecule has 0 spiro atoms. The van der Waals surface area contributed by atoms with Crippen molar-refractivity contribution >= 4 is 10.8 Å². The molecule has 24 heavy (non-hydrogen) atoms. The summed E-state index contributed by atoms with van der Waals surface area (Å²) in [6.45, 7) is 0. The van der Waals surface area contributed by atoms with Crippen LogP contribution in [0.3, 0.4) is 0 Å². The van der Waals surface area contributed by atoms with Crippen LogP contribution in [-0.4, -0.2) is 21.1 Å². The molecule has 3 rings (SSSR count). The largest absolute Gasteiger partial charge is 0.496 e. The maximum absolute atomic E-state index is 13.4. The molecule has 0 fully saturated rings. The van der Waals surface area contributed by atoms with Crippen LogP contribution in [0.5, 0.6) is 5.75 Å². The standard InChI is InChI=1S/C18H17FN2O2S/c1-23-18-8-5-16(19)11-15(18)13-24(22)12-14-3-6-17(7-4-14)21-10-2-9-20-21/h2-11H,12-13H2,1H3/t24-/m0/s1. The van der Waals surface area contributed by atoms with E-state index >= 15 is 0 Å². The van der Waals surface area contributed by atoms with Crippen molar-refractivity contribution < 1.29 is 13.3 Å². The molecule has 0 saturated carbocycles. The first-order chi connectivity index (χ1) is 11.7. The van der Waals surface area contributed by atoms with E-state index < -0.39 is 10.8 Å². The fraction of sp³-hybridized carbons (Fsp3) is 0.167. The van der Waals surface area contributed by atoms with Crippen LogP contribution < -0.4 is 4.74 Å². The summed E-state index contributed by atoms with van der Waals surface area (Å²) in [5, 5.41) is 4.17. The minimum Gasteiger partial charge on any atom is -0.496 e. The van der Waals surface area contributed by atoms with Gasteiger partial charge in [0.05, 0.1) is 18.6 Å². The Labute approximate surface area is 142 Å². The molecule has 0 N–H and O–H groups in total. The fourth-order valence-corrected chi connectivity index (χ4v) is 3.68. The van der Waals surface area contributed by atoms with Gasteiger partial charge in [-0.2, -0.15) is 5.10 Å². The zero-order valence-corrected chi connectivity index (χ0v) is 14.0. The van der Waals surface area contributed by atoms with Gasteiger partial charge in [-0.1, -0.05) is 12.1 Å². The highest BCUT2D eigenvalue weighted by atomic mass is 32.2. The summed E-state index contributed by atoms with van der Waals surface area (Å²) in [5.74, 6) is 0.853. The van der Waals surface area contributed by atoms with E-state index in [0.717, 1.165) is 11.3 Å². The van der Waals surface area contributed by atoms with E-state index in [0.29, 0.717) is 17.1 Å². The average Bonchev–Trinajstić information content (AvgIpc) is 3.10. The third-order valence-corrected chi connectivity index (χ3v) is 4.88. The molecule has 0 saturated heterocycles. The number of halogens is 1. The second-order valence-corrected chi connectivity index (χ2v) is 6.76.